The van der Waals surface area contributed by atoms with E-state index in [1.165, 1.54) is 0 Å². The van der Waals surface area contributed by atoms with Crippen molar-refractivity contribution in [2.45, 2.75) is 77.4 Å². The normalized spacial score (nSPS) is 18.3. The Morgan fingerprint density at radius 3 is 2.57 bits per heavy atom. The average molecular weight is 487 g/mol. The summed E-state index contributed by atoms with van der Waals surface area (Å²) in [6.45, 7) is 8.40. The summed E-state index contributed by atoms with van der Waals surface area (Å²) < 4.78 is 16.4. The number of unbranched alkanes of at least 4 members (excludes halogenated alkanes) is 1. The van der Waals surface area contributed by atoms with Crippen molar-refractivity contribution < 1.29 is 23.8 Å². The maximum Gasteiger partial charge on any atom is 0.254 e. The maximum atomic E-state index is 13.6. The molecule has 1 saturated heterocycles. The van der Waals surface area contributed by atoms with Crippen molar-refractivity contribution in [3.05, 3.63) is 23.8 Å². The number of rotatable bonds is 14. The van der Waals surface area contributed by atoms with E-state index < -0.39 is 0 Å². The number of benzene rings is 1. The van der Waals surface area contributed by atoms with Gasteiger partial charge in [-0.2, -0.15) is 0 Å². The molecule has 1 aliphatic heterocycles. The third-order valence-corrected chi connectivity index (χ3v) is 6.34. The summed E-state index contributed by atoms with van der Waals surface area (Å²) >= 11 is 0. The molecule has 2 radical (unpaired) electrons. The molecule has 1 fully saturated rings. The Morgan fingerprint density at radius 2 is 1.94 bits per heavy atom. The lowest BCUT2D eigenvalue weighted by molar-refractivity contribution is -0.122. The molecule has 1 unspecified atom stereocenters. The highest BCUT2D eigenvalue weighted by atomic mass is 16.5. The van der Waals surface area contributed by atoms with Crippen molar-refractivity contribution in [2.24, 2.45) is 0 Å². The second kappa shape index (κ2) is 15.0. The summed E-state index contributed by atoms with van der Waals surface area (Å²) in [5.74, 6) is 1.08. The minimum Gasteiger partial charge on any atom is -0.493 e. The van der Waals surface area contributed by atoms with Crippen molar-refractivity contribution in [3.63, 3.8) is 0 Å². The van der Waals surface area contributed by atoms with E-state index in [2.05, 4.69) is 12.2 Å². The molecule has 35 heavy (non-hydrogen) atoms. The molecular formula is C26H42BN3O5. The van der Waals surface area contributed by atoms with E-state index in [9.17, 15) is 9.59 Å². The first-order valence-corrected chi connectivity index (χ1v) is 12.7. The zero-order chi connectivity index (χ0) is 25.8. The van der Waals surface area contributed by atoms with Gasteiger partial charge in [-0.1, -0.05) is 13.3 Å². The third-order valence-electron chi connectivity index (χ3n) is 6.34. The second-order valence-corrected chi connectivity index (χ2v) is 9.36. The predicted octanol–water partition coefficient (Wildman–Crippen LogP) is 3.18. The first-order chi connectivity index (χ1) is 16.8. The predicted molar refractivity (Wildman–Crippen MR) is 138 cm³/mol. The molecule has 0 aromatic heterocycles. The molecule has 1 aromatic rings. The maximum absolute atomic E-state index is 13.6. The van der Waals surface area contributed by atoms with E-state index in [4.69, 9.17) is 22.2 Å². The molecule has 2 atom stereocenters. The summed E-state index contributed by atoms with van der Waals surface area (Å²) in [6.07, 6.45) is 4.69. The van der Waals surface area contributed by atoms with Gasteiger partial charge in [0.05, 0.1) is 13.7 Å². The standard InChI is InChI=1S/C26H42BN3O5/c1-6-7-13-28-25(31)17-21-10-11-22(18-29(21)27)30(19(2)3)26(32)20-9-12-23(34-5)24(16-20)35-15-8-14-33-4/h9,12,16,19,21-22H,6-8,10-11,13-15,17-18H2,1-5H3,(H,28,31)/t21-,22?/m0/s1. The highest BCUT2D eigenvalue weighted by Gasteiger charge is 2.34. The molecule has 2 rings (SSSR count). The number of hydrogen-bond acceptors (Lipinski definition) is 6. The summed E-state index contributed by atoms with van der Waals surface area (Å²) in [5.41, 5.74) is 0.544. The summed E-state index contributed by atoms with van der Waals surface area (Å²) in [6, 6.07) is 5.20. The van der Waals surface area contributed by atoms with E-state index >= 15 is 0 Å². The number of piperidine rings is 1. The topological polar surface area (TPSA) is 80.3 Å². The van der Waals surface area contributed by atoms with Crippen molar-refractivity contribution in [3.8, 4) is 11.5 Å². The molecule has 0 spiro atoms. The van der Waals surface area contributed by atoms with Crippen LogP contribution in [0.4, 0.5) is 0 Å². The highest BCUT2D eigenvalue weighted by Crippen LogP contribution is 2.30. The third kappa shape index (κ3) is 8.72. The summed E-state index contributed by atoms with van der Waals surface area (Å²) in [7, 11) is 9.59. The van der Waals surface area contributed by atoms with Crippen LogP contribution in [0.3, 0.4) is 0 Å². The summed E-state index contributed by atoms with van der Waals surface area (Å²) in [4.78, 5) is 29.5. The van der Waals surface area contributed by atoms with Crippen LogP contribution >= 0.6 is 0 Å². The Kier molecular flexibility index (Phi) is 12.4. The molecule has 8 nitrogen and oxygen atoms in total. The zero-order valence-corrected chi connectivity index (χ0v) is 22.0. The van der Waals surface area contributed by atoms with Crippen LogP contribution in [-0.2, 0) is 9.53 Å². The van der Waals surface area contributed by atoms with Crippen LogP contribution in [0.1, 0.15) is 69.7 Å². The van der Waals surface area contributed by atoms with Crippen LogP contribution < -0.4 is 14.8 Å². The molecule has 0 bridgehead atoms. The van der Waals surface area contributed by atoms with Crippen molar-refractivity contribution in [1.29, 1.82) is 0 Å². The Balaban J connectivity index is 2.07. The van der Waals surface area contributed by atoms with Crippen LogP contribution in [0.5, 0.6) is 11.5 Å². The van der Waals surface area contributed by atoms with Crippen molar-refractivity contribution in [2.75, 3.05) is 40.5 Å². The lowest BCUT2D eigenvalue weighted by Gasteiger charge is -2.44. The van der Waals surface area contributed by atoms with E-state index in [1.54, 1.807) is 37.2 Å². The zero-order valence-electron chi connectivity index (χ0n) is 22.0. The van der Waals surface area contributed by atoms with Crippen LogP contribution in [0.2, 0.25) is 0 Å². The van der Waals surface area contributed by atoms with Gasteiger partial charge in [-0.05, 0) is 51.3 Å². The van der Waals surface area contributed by atoms with E-state index in [0.717, 1.165) is 32.1 Å². The van der Waals surface area contributed by atoms with Crippen LogP contribution in [0, 0.1) is 0 Å². The Morgan fingerprint density at radius 1 is 1.17 bits per heavy atom. The van der Waals surface area contributed by atoms with Gasteiger partial charge in [0.15, 0.2) is 19.5 Å². The molecule has 1 aliphatic rings. The molecule has 1 aromatic carbocycles. The smallest absolute Gasteiger partial charge is 0.254 e. The van der Waals surface area contributed by atoms with Crippen molar-refractivity contribution >= 4 is 19.8 Å². The molecule has 1 heterocycles. The monoisotopic (exact) mass is 487 g/mol. The van der Waals surface area contributed by atoms with Gasteiger partial charge in [-0.25, -0.2) is 0 Å². The lowest BCUT2D eigenvalue weighted by Crippen LogP contribution is -2.55. The quantitative estimate of drug-likeness (QED) is 0.321. The van der Waals surface area contributed by atoms with Gasteiger partial charge in [-0.15, -0.1) is 0 Å². The fourth-order valence-electron chi connectivity index (χ4n) is 4.45. The fraction of sp³-hybridized carbons (Fsp3) is 0.692. The van der Waals surface area contributed by atoms with Crippen molar-refractivity contribution in [1.82, 2.24) is 15.0 Å². The molecule has 2 amide bonds. The largest absolute Gasteiger partial charge is 0.493 e. The number of amides is 2. The van der Waals surface area contributed by atoms with Crippen LogP contribution in [0.15, 0.2) is 18.2 Å². The van der Waals surface area contributed by atoms with Crippen LogP contribution in [0.25, 0.3) is 0 Å². The average Bonchev–Trinajstić information content (AvgIpc) is 2.83. The molecule has 194 valence electrons. The number of carbonyl (C=O) groups is 2. The minimum absolute atomic E-state index is 0.0111. The first-order valence-electron chi connectivity index (χ1n) is 12.7. The minimum atomic E-state index is -0.0708. The highest BCUT2D eigenvalue weighted by molar-refractivity contribution is 6.05. The van der Waals surface area contributed by atoms with Gasteiger partial charge in [0.2, 0.25) is 5.91 Å². The lowest BCUT2D eigenvalue weighted by atomic mass is 9.91. The van der Waals surface area contributed by atoms with E-state index in [-0.39, 0.29) is 29.9 Å². The number of nitrogens with one attached hydrogen (secondary N) is 1. The van der Waals surface area contributed by atoms with E-state index in [1.807, 2.05) is 18.7 Å². The molecule has 9 heteroatoms. The number of nitrogens with zero attached hydrogens (tertiary/aromatic N) is 2. The second-order valence-electron chi connectivity index (χ2n) is 9.36. The number of methoxy groups -OCH3 is 2. The van der Waals surface area contributed by atoms with E-state index in [0.29, 0.717) is 49.8 Å². The van der Waals surface area contributed by atoms with Gasteiger partial charge in [0, 0.05) is 63.3 Å². The van der Waals surface area contributed by atoms with Gasteiger partial charge in [0.1, 0.15) is 0 Å². The van der Waals surface area contributed by atoms with Gasteiger partial charge in [0.25, 0.3) is 5.91 Å². The molecule has 0 aliphatic carbocycles. The van der Waals surface area contributed by atoms with Gasteiger partial charge >= 0.3 is 0 Å². The SMILES string of the molecule is [B]N1CC(N(C(=O)c2ccc(OC)c(OCCCOC)c2)C(C)C)CC[C@H]1CC(=O)NCCCC. The fourth-order valence-corrected chi connectivity index (χ4v) is 4.45. The Hall–Kier alpha value is -2.26. The molecule has 1 N–H and O–H groups in total. The first kappa shape index (κ1) is 29.0. The van der Waals surface area contributed by atoms with Gasteiger partial charge < -0.3 is 29.2 Å². The van der Waals surface area contributed by atoms with Crippen LogP contribution in [-0.4, -0.2) is 88.2 Å². The number of ether oxygens (including phenoxy) is 3. The molecule has 0 saturated carbocycles. The Labute approximate surface area is 212 Å². The Bertz CT molecular complexity index is 807. The van der Waals surface area contributed by atoms with Gasteiger partial charge in [-0.3, -0.25) is 9.59 Å². The number of hydrogen-bond donors (Lipinski definition) is 1. The summed E-state index contributed by atoms with van der Waals surface area (Å²) in [5, 5.41) is 2.96. The number of carbonyl (C=O) groups excluding carboxylic acids is 2. The molecular weight excluding hydrogens is 445 g/mol.